The molecule has 14 heteroatoms. The van der Waals surface area contributed by atoms with Crippen LogP contribution in [0, 0.1) is 5.82 Å². The van der Waals surface area contributed by atoms with E-state index in [4.69, 9.17) is 37.4 Å². The van der Waals surface area contributed by atoms with Gasteiger partial charge in [-0.25, -0.2) is 14.2 Å². The number of methoxy groups -OCH3 is 1. The van der Waals surface area contributed by atoms with E-state index >= 15 is 4.39 Å². The molecule has 0 saturated carbocycles. The number of carbonyl (C=O) groups excluding carboxylic acids is 2. The number of hydrogen-bond acceptors (Lipinski definition) is 9. The van der Waals surface area contributed by atoms with E-state index in [1.54, 1.807) is 43.6 Å². The first-order chi connectivity index (χ1) is 23.7. The fraction of sp³-hybridized carbons (Fsp3) is 0.286. The Labute approximate surface area is 290 Å². The van der Waals surface area contributed by atoms with Gasteiger partial charge in [0.2, 0.25) is 5.65 Å². The van der Waals surface area contributed by atoms with Crippen LogP contribution in [0.2, 0.25) is 10.0 Å². The van der Waals surface area contributed by atoms with Gasteiger partial charge in [0, 0.05) is 35.5 Å². The Kier molecular flexibility index (Phi) is 7.89. The maximum Gasteiger partial charge on any atom is 0.340 e. The second kappa shape index (κ2) is 12.3. The molecule has 0 N–H and O–H groups in total. The van der Waals surface area contributed by atoms with Gasteiger partial charge in [0.25, 0.3) is 5.91 Å². The first-order valence-electron chi connectivity index (χ1n) is 15.7. The molecule has 2 saturated heterocycles. The normalized spacial score (nSPS) is 18.4. The van der Waals surface area contributed by atoms with Crippen molar-refractivity contribution in [3.05, 3.63) is 87.3 Å². The van der Waals surface area contributed by atoms with Crippen molar-refractivity contribution >= 4 is 51.9 Å². The average molecular weight is 704 g/mol. The molecule has 8 rings (SSSR count). The summed E-state index contributed by atoms with van der Waals surface area (Å²) in [6, 6.07) is 13.6. The number of rotatable bonds is 5. The fourth-order valence-corrected chi connectivity index (χ4v) is 7.71. The van der Waals surface area contributed by atoms with Crippen molar-refractivity contribution < 1.29 is 28.2 Å². The van der Waals surface area contributed by atoms with Crippen molar-refractivity contribution in [3.8, 4) is 28.0 Å². The quantitative estimate of drug-likeness (QED) is 0.195. The predicted octanol–water partition coefficient (Wildman–Crippen LogP) is 6.29. The SMILES string of the molecule is COC(=O)c1cc(F)c(-c2cccc3c2OCN(C(=O)c2c(Cl)cc(-c4cnc5nn(C)nc5c4)cc2Cl)C3)cc1N1C2CCC1COC2. The molecule has 3 aliphatic rings. The van der Waals surface area contributed by atoms with Crippen molar-refractivity contribution in [2.45, 2.75) is 31.5 Å². The molecule has 250 valence electrons. The first-order valence-corrected chi connectivity index (χ1v) is 16.4. The molecule has 2 atom stereocenters. The van der Waals surface area contributed by atoms with Crippen LogP contribution >= 0.6 is 23.2 Å². The molecule has 49 heavy (non-hydrogen) atoms. The number of aryl methyl sites for hydroxylation is 1. The fourth-order valence-electron chi connectivity index (χ4n) is 7.07. The van der Waals surface area contributed by atoms with Gasteiger partial charge in [-0.2, -0.15) is 9.90 Å². The van der Waals surface area contributed by atoms with Crippen molar-refractivity contribution in [2.75, 3.05) is 32.0 Å². The Morgan fingerprint density at radius 1 is 0.980 bits per heavy atom. The highest BCUT2D eigenvalue weighted by molar-refractivity contribution is 6.40. The van der Waals surface area contributed by atoms with Crippen LogP contribution in [-0.2, 0) is 23.1 Å². The van der Waals surface area contributed by atoms with E-state index in [1.807, 2.05) is 12.1 Å². The summed E-state index contributed by atoms with van der Waals surface area (Å²) in [6.45, 7) is 1.12. The van der Waals surface area contributed by atoms with Gasteiger partial charge in [-0.1, -0.05) is 41.4 Å². The summed E-state index contributed by atoms with van der Waals surface area (Å²) in [6.07, 6.45) is 3.48. The Balaban J connectivity index is 1.10. The summed E-state index contributed by atoms with van der Waals surface area (Å²) < 4.78 is 32.9. The Bertz CT molecular complexity index is 2140. The lowest BCUT2D eigenvalue weighted by molar-refractivity contribution is 0.0515. The summed E-state index contributed by atoms with van der Waals surface area (Å²) in [5, 5.41) is 8.84. The standard InChI is InChI=1S/C35H29Cl2FN6O5/c1-42-40-29-10-20(13-39-33(29)41-42)19-8-26(36)31(27(37)9-19)34(45)43-14-18-4-3-5-23(32(18)49-17-43)24-12-30(25(11-28(24)38)35(46)47-2)44-21-6-7-22(44)16-48-15-21/h3-5,8-13,21-22H,6-7,14-17H2,1-2H3. The van der Waals surface area contributed by atoms with Gasteiger partial charge in [0.05, 0.1) is 65.8 Å². The van der Waals surface area contributed by atoms with E-state index in [1.165, 1.54) is 22.9 Å². The number of ether oxygens (including phenoxy) is 3. The molecular formula is C35H29Cl2FN6O5. The smallest absolute Gasteiger partial charge is 0.340 e. The number of nitrogens with zero attached hydrogens (tertiary/aromatic N) is 6. The number of hydrogen-bond donors (Lipinski definition) is 0. The maximum absolute atomic E-state index is 15.9. The zero-order valence-electron chi connectivity index (χ0n) is 26.5. The number of morpholine rings is 1. The van der Waals surface area contributed by atoms with E-state index in [2.05, 4.69) is 20.1 Å². The van der Waals surface area contributed by atoms with E-state index in [0.29, 0.717) is 52.5 Å². The lowest BCUT2D eigenvalue weighted by atomic mass is 9.96. The molecule has 1 amide bonds. The number of aromatic nitrogens is 4. The molecular weight excluding hydrogens is 674 g/mol. The van der Waals surface area contributed by atoms with E-state index in [0.717, 1.165) is 18.4 Å². The highest BCUT2D eigenvalue weighted by Crippen LogP contribution is 2.43. The Morgan fingerprint density at radius 2 is 1.73 bits per heavy atom. The summed E-state index contributed by atoms with van der Waals surface area (Å²) in [4.78, 5) is 36.1. The monoisotopic (exact) mass is 702 g/mol. The molecule has 0 spiro atoms. The minimum Gasteiger partial charge on any atom is -0.472 e. The molecule has 5 heterocycles. The van der Waals surface area contributed by atoms with Crippen molar-refractivity contribution in [3.63, 3.8) is 0 Å². The number of pyridine rings is 1. The van der Waals surface area contributed by atoms with Crippen LogP contribution < -0.4 is 9.64 Å². The minimum absolute atomic E-state index is 0.0761. The lowest BCUT2D eigenvalue weighted by Gasteiger charge is -2.37. The second-order valence-corrected chi connectivity index (χ2v) is 13.1. The molecule has 3 aromatic carbocycles. The summed E-state index contributed by atoms with van der Waals surface area (Å²) in [7, 11) is 3.00. The van der Waals surface area contributed by atoms with E-state index in [9.17, 15) is 9.59 Å². The van der Waals surface area contributed by atoms with Gasteiger partial charge in [0.1, 0.15) is 17.1 Å². The van der Waals surface area contributed by atoms with Gasteiger partial charge < -0.3 is 24.0 Å². The summed E-state index contributed by atoms with van der Waals surface area (Å²) in [5.41, 5.74) is 4.87. The van der Waals surface area contributed by atoms with E-state index in [-0.39, 0.29) is 52.1 Å². The third kappa shape index (κ3) is 5.44. The number of para-hydroxylation sites is 1. The third-order valence-corrected chi connectivity index (χ3v) is 9.93. The number of fused-ring (bicyclic) bond motifs is 4. The molecule has 0 radical (unpaired) electrons. The topological polar surface area (TPSA) is 112 Å². The number of anilines is 1. The molecule has 2 fully saturated rings. The van der Waals surface area contributed by atoms with Crippen molar-refractivity contribution in [2.24, 2.45) is 7.05 Å². The number of carbonyl (C=O) groups is 2. The highest BCUT2D eigenvalue weighted by atomic mass is 35.5. The van der Waals surface area contributed by atoms with Gasteiger partial charge in [-0.05, 0) is 48.7 Å². The molecule has 2 unspecified atom stereocenters. The minimum atomic E-state index is -0.611. The van der Waals surface area contributed by atoms with E-state index < -0.39 is 17.7 Å². The van der Waals surface area contributed by atoms with Crippen LogP contribution in [0.15, 0.2) is 54.7 Å². The van der Waals surface area contributed by atoms with Crippen LogP contribution in [-0.4, -0.2) is 75.9 Å². The predicted molar refractivity (Wildman–Crippen MR) is 180 cm³/mol. The van der Waals surface area contributed by atoms with Crippen LogP contribution in [0.3, 0.4) is 0 Å². The van der Waals surface area contributed by atoms with Crippen LogP contribution in [0.25, 0.3) is 33.4 Å². The second-order valence-electron chi connectivity index (χ2n) is 12.3. The Hall–Kier alpha value is -4.78. The first kappa shape index (κ1) is 31.5. The molecule has 5 aromatic rings. The zero-order chi connectivity index (χ0) is 34.0. The molecule has 3 aliphatic heterocycles. The largest absolute Gasteiger partial charge is 0.472 e. The lowest BCUT2D eigenvalue weighted by Crippen LogP contribution is -2.46. The van der Waals surface area contributed by atoms with Gasteiger partial charge in [-0.3, -0.25) is 4.79 Å². The molecule has 2 aromatic heterocycles. The van der Waals surface area contributed by atoms with Crippen molar-refractivity contribution in [1.29, 1.82) is 0 Å². The number of esters is 1. The third-order valence-electron chi connectivity index (χ3n) is 9.34. The zero-order valence-corrected chi connectivity index (χ0v) is 28.0. The molecule has 0 aliphatic carbocycles. The average Bonchev–Trinajstić information content (AvgIpc) is 3.59. The maximum atomic E-state index is 15.9. The van der Waals surface area contributed by atoms with Crippen LogP contribution in [0.1, 0.15) is 39.1 Å². The van der Waals surface area contributed by atoms with Crippen molar-refractivity contribution in [1.82, 2.24) is 24.9 Å². The Morgan fingerprint density at radius 3 is 2.47 bits per heavy atom. The highest BCUT2D eigenvalue weighted by Gasteiger charge is 2.40. The van der Waals surface area contributed by atoms with Gasteiger partial charge in [0.15, 0.2) is 6.73 Å². The number of amides is 1. The summed E-state index contributed by atoms with van der Waals surface area (Å²) in [5.74, 6) is -1.17. The molecule has 11 nitrogen and oxygen atoms in total. The summed E-state index contributed by atoms with van der Waals surface area (Å²) >= 11 is 13.4. The van der Waals surface area contributed by atoms with Crippen LogP contribution in [0.5, 0.6) is 5.75 Å². The molecule has 2 bridgehead atoms. The van der Waals surface area contributed by atoms with Gasteiger partial charge in [-0.15, -0.1) is 5.10 Å². The number of halogens is 3. The van der Waals surface area contributed by atoms with Crippen LogP contribution in [0.4, 0.5) is 10.1 Å². The van der Waals surface area contributed by atoms with Gasteiger partial charge >= 0.3 is 5.97 Å². The number of benzene rings is 3.